The number of likely N-dealkylation sites (tertiary alicyclic amines) is 1. The molecule has 3 aliphatic rings. The van der Waals surface area contributed by atoms with E-state index >= 15 is 4.39 Å². The number of rotatable bonds is 5. The zero-order valence-corrected chi connectivity index (χ0v) is 25.4. The minimum absolute atomic E-state index is 0.0572. The average Bonchev–Trinajstić information content (AvgIpc) is 3.32. The molecule has 1 aromatic carbocycles. The second-order valence-corrected chi connectivity index (χ2v) is 12.6. The van der Waals surface area contributed by atoms with Crippen LogP contribution >= 0.6 is 0 Å². The summed E-state index contributed by atoms with van der Waals surface area (Å²) in [4.78, 5) is 36.7. The van der Waals surface area contributed by atoms with Crippen molar-refractivity contribution < 1.29 is 27.8 Å². The van der Waals surface area contributed by atoms with Crippen LogP contribution < -0.4 is 10.6 Å². The van der Waals surface area contributed by atoms with Gasteiger partial charge < -0.3 is 24.3 Å². The van der Waals surface area contributed by atoms with Gasteiger partial charge in [-0.3, -0.25) is 5.32 Å². The molecule has 2 atom stereocenters. The van der Waals surface area contributed by atoms with Gasteiger partial charge in [0.2, 0.25) is 0 Å². The molecule has 12 heteroatoms. The number of hydrogen-bond donors (Lipinski definition) is 2. The number of imidazole rings is 1. The third kappa shape index (κ3) is 5.51. The van der Waals surface area contributed by atoms with Crippen LogP contribution in [0.25, 0.3) is 0 Å². The zero-order chi connectivity index (χ0) is 31.2. The summed E-state index contributed by atoms with van der Waals surface area (Å²) in [6, 6.07) is 7.23. The van der Waals surface area contributed by atoms with Gasteiger partial charge >= 0.3 is 12.1 Å². The third-order valence-corrected chi connectivity index (χ3v) is 8.94. The number of hydrogen-bond acceptors (Lipinski definition) is 6. The van der Waals surface area contributed by atoms with Crippen molar-refractivity contribution in [3.8, 4) is 0 Å². The Bertz CT molecular complexity index is 1570. The molecule has 234 valence electrons. The number of pyridine rings is 1. The molecule has 1 fully saturated rings. The summed E-state index contributed by atoms with van der Waals surface area (Å²) < 4.78 is 43.3. The van der Waals surface area contributed by atoms with Crippen LogP contribution in [-0.4, -0.2) is 50.8 Å². The first kappa shape index (κ1) is 30.0. The highest BCUT2D eigenvalue weighted by Crippen LogP contribution is 2.43. The van der Waals surface area contributed by atoms with Crippen molar-refractivity contribution in [2.75, 3.05) is 18.4 Å². The molecule has 0 bridgehead atoms. The maximum absolute atomic E-state index is 15.0. The van der Waals surface area contributed by atoms with Gasteiger partial charge in [0.05, 0.1) is 24.0 Å². The molecular weight excluding hydrogens is 570 g/mol. The molecule has 3 aromatic rings. The number of fused-ring (bicyclic) bond motifs is 3. The standard InChI is InChI=1S/C32H38F2N6O4/c1-19(2)43-31(3,4)25-17-36-28-24(11-10-20(18-40(25)28)21-7-5-9-23(33)26(21)34)37-29(41)39-15-12-32(13-16-39)22-8-6-14-35-27(22)38-30(42)44-32/h5-9,14,17,19-20,24H,10-13,15-16,18H2,1-4H3,(H,37,41)(H,35,38,42)/t20-,24-/m1/s1. The van der Waals surface area contributed by atoms with Gasteiger partial charge in [0.25, 0.3) is 0 Å². The fourth-order valence-corrected chi connectivity index (χ4v) is 6.94. The number of nitrogens with zero attached hydrogens (tertiary/aromatic N) is 4. The number of anilines is 1. The Labute approximate surface area is 255 Å². The van der Waals surface area contributed by atoms with E-state index in [0.29, 0.717) is 62.5 Å². The predicted molar refractivity (Wildman–Crippen MR) is 158 cm³/mol. The van der Waals surface area contributed by atoms with Crippen LogP contribution in [-0.2, 0) is 27.2 Å². The Morgan fingerprint density at radius 2 is 1.93 bits per heavy atom. The Morgan fingerprint density at radius 1 is 1.16 bits per heavy atom. The molecule has 1 saturated heterocycles. The fourth-order valence-electron chi connectivity index (χ4n) is 6.94. The number of halogens is 2. The molecule has 6 rings (SSSR count). The van der Waals surface area contributed by atoms with Gasteiger partial charge in [0.1, 0.15) is 22.8 Å². The first-order chi connectivity index (χ1) is 21.0. The molecule has 10 nitrogen and oxygen atoms in total. The lowest BCUT2D eigenvalue weighted by Crippen LogP contribution is -2.52. The van der Waals surface area contributed by atoms with Crippen LogP contribution in [0.3, 0.4) is 0 Å². The van der Waals surface area contributed by atoms with E-state index in [1.54, 1.807) is 29.4 Å². The van der Waals surface area contributed by atoms with Crippen molar-refractivity contribution in [3.05, 3.63) is 77.0 Å². The number of carbonyl (C=O) groups excluding carboxylic acids is 2. The van der Waals surface area contributed by atoms with Crippen LogP contribution in [0.5, 0.6) is 0 Å². The van der Waals surface area contributed by atoms with E-state index in [4.69, 9.17) is 14.5 Å². The number of nitrogens with one attached hydrogen (secondary N) is 2. The van der Waals surface area contributed by atoms with Crippen molar-refractivity contribution in [1.29, 1.82) is 0 Å². The number of benzene rings is 1. The molecule has 5 heterocycles. The second-order valence-electron chi connectivity index (χ2n) is 12.6. The van der Waals surface area contributed by atoms with Gasteiger partial charge in [0, 0.05) is 50.2 Å². The Balaban J connectivity index is 1.24. The highest BCUT2D eigenvalue weighted by Gasteiger charge is 2.46. The normalized spacial score (nSPS) is 21.2. The number of urea groups is 1. The molecule has 3 aliphatic heterocycles. The van der Waals surface area contributed by atoms with Gasteiger partial charge in [0.15, 0.2) is 11.6 Å². The van der Waals surface area contributed by atoms with E-state index in [-0.39, 0.29) is 18.1 Å². The smallest absolute Gasteiger partial charge is 0.413 e. The van der Waals surface area contributed by atoms with Gasteiger partial charge in [-0.1, -0.05) is 12.1 Å². The zero-order valence-electron chi connectivity index (χ0n) is 25.4. The van der Waals surface area contributed by atoms with Gasteiger partial charge in [-0.2, -0.15) is 0 Å². The van der Waals surface area contributed by atoms with Crippen molar-refractivity contribution >= 4 is 17.9 Å². The molecule has 3 amide bonds. The molecule has 44 heavy (non-hydrogen) atoms. The molecule has 2 aromatic heterocycles. The van der Waals surface area contributed by atoms with Crippen LogP contribution in [0.1, 0.15) is 88.0 Å². The number of ether oxygens (including phenoxy) is 2. The van der Waals surface area contributed by atoms with Crippen LogP contribution in [0.15, 0.2) is 42.7 Å². The summed E-state index contributed by atoms with van der Waals surface area (Å²) in [6.07, 6.45) is 4.61. The molecule has 0 saturated carbocycles. The summed E-state index contributed by atoms with van der Waals surface area (Å²) >= 11 is 0. The fraction of sp³-hybridized carbons (Fsp3) is 0.500. The van der Waals surface area contributed by atoms with Gasteiger partial charge in [-0.05, 0) is 64.3 Å². The molecule has 0 aliphatic carbocycles. The number of amides is 3. The van der Waals surface area contributed by atoms with E-state index < -0.39 is 35.0 Å². The highest BCUT2D eigenvalue weighted by molar-refractivity contribution is 5.87. The molecule has 0 radical (unpaired) electrons. The number of aromatic nitrogens is 3. The molecule has 2 N–H and O–H groups in total. The second kappa shape index (κ2) is 11.5. The van der Waals surface area contributed by atoms with E-state index in [1.165, 1.54) is 6.07 Å². The van der Waals surface area contributed by atoms with Crippen LogP contribution in [0, 0.1) is 11.6 Å². The lowest BCUT2D eigenvalue weighted by atomic mass is 9.83. The molecule has 0 unspecified atom stereocenters. The monoisotopic (exact) mass is 608 g/mol. The average molecular weight is 609 g/mol. The Morgan fingerprint density at radius 3 is 2.68 bits per heavy atom. The Kier molecular flexibility index (Phi) is 7.81. The first-order valence-electron chi connectivity index (χ1n) is 15.2. The topological polar surface area (TPSA) is 111 Å². The highest BCUT2D eigenvalue weighted by atomic mass is 19.2. The summed E-state index contributed by atoms with van der Waals surface area (Å²) in [5.41, 5.74) is 0.337. The first-order valence-corrected chi connectivity index (χ1v) is 15.2. The lowest BCUT2D eigenvalue weighted by molar-refractivity contribution is -0.0649. The van der Waals surface area contributed by atoms with Crippen molar-refractivity contribution in [1.82, 2.24) is 24.8 Å². The number of carbonyl (C=O) groups is 2. The largest absolute Gasteiger partial charge is 0.437 e. The van der Waals surface area contributed by atoms with Crippen LogP contribution in [0.4, 0.5) is 24.2 Å². The van der Waals surface area contributed by atoms with Crippen molar-refractivity contribution in [2.45, 2.75) is 89.2 Å². The number of piperidine rings is 1. The quantitative estimate of drug-likeness (QED) is 0.362. The minimum atomic E-state index is -0.883. The van der Waals surface area contributed by atoms with E-state index in [1.807, 2.05) is 38.3 Å². The van der Waals surface area contributed by atoms with E-state index in [9.17, 15) is 14.0 Å². The van der Waals surface area contributed by atoms with Crippen molar-refractivity contribution in [2.24, 2.45) is 0 Å². The maximum atomic E-state index is 15.0. The van der Waals surface area contributed by atoms with Gasteiger partial charge in [-0.25, -0.2) is 28.3 Å². The SMILES string of the molecule is CC(C)OC(C)(C)c1cnc2n1C[C@H](c1cccc(F)c1F)CC[C@H]2NC(=O)N1CCC2(CC1)OC(=O)Nc1ncccc12. The summed E-state index contributed by atoms with van der Waals surface area (Å²) in [5.74, 6) is -0.942. The maximum Gasteiger partial charge on any atom is 0.413 e. The van der Waals surface area contributed by atoms with Crippen molar-refractivity contribution in [3.63, 3.8) is 0 Å². The third-order valence-electron chi connectivity index (χ3n) is 8.94. The molecule has 1 spiro atoms. The van der Waals surface area contributed by atoms with E-state index in [2.05, 4.69) is 15.6 Å². The summed E-state index contributed by atoms with van der Waals surface area (Å²) in [6.45, 7) is 8.92. The summed E-state index contributed by atoms with van der Waals surface area (Å²) in [5, 5.41) is 5.82. The lowest BCUT2D eigenvalue weighted by Gasteiger charge is -2.43. The predicted octanol–water partition coefficient (Wildman–Crippen LogP) is 6.10. The summed E-state index contributed by atoms with van der Waals surface area (Å²) in [7, 11) is 0. The Hall–Kier alpha value is -4.06. The van der Waals surface area contributed by atoms with E-state index in [0.717, 1.165) is 17.3 Å². The van der Waals surface area contributed by atoms with Gasteiger partial charge in [-0.15, -0.1) is 0 Å². The minimum Gasteiger partial charge on any atom is -0.437 e. The molecular formula is C32H38F2N6O4. The van der Waals surface area contributed by atoms with Crippen LogP contribution in [0.2, 0.25) is 0 Å².